The van der Waals surface area contributed by atoms with Gasteiger partial charge < -0.3 is 20.7 Å². The predicted octanol–water partition coefficient (Wildman–Crippen LogP) is 0.750. The first-order valence-corrected chi connectivity index (χ1v) is 7.14. The van der Waals surface area contributed by atoms with Gasteiger partial charge in [0.25, 0.3) is 5.91 Å². The lowest BCUT2D eigenvalue weighted by Gasteiger charge is -2.09. The van der Waals surface area contributed by atoms with E-state index in [1.807, 2.05) is 7.05 Å². The van der Waals surface area contributed by atoms with E-state index < -0.39 is 0 Å². The minimum absolute atomic E-state index is 0.0380. The summed E-state index contributed by atoms with van der Waals surface area (Å²) in [7, 11) is 1.82. The highest BCUT2D eigenvalue weighted by molar-refractivity contribution is 5.94. The Hall–Kier alpha value is -2.08. The van der Waals surface area contributed by atoms with Crippen LogP contribution in [-0.4, -0.2) is 38.6 Å². The average Bonchev–Trinajstić information content (AvgIpc) is 3.30. The first-order valence-electron chi connectivity index (χ1n) is 7.14. The van der Waals surface area contributed by atoms with Crippen molar-refractivity contribution in [1.29, 1.82) is 0 Å². The topological polar surface area (TPSA) is 79.5 Å². The summed E-state index contributed by atoms with van der Waals surface area (Å²) < 4.78 is 5.41. The Labute approximate surface area is 124 Å². The van der Waals surface area contributed by atoms with Gasteiger partial charge in [-0.25, -0.2) is 0 Å². The number of carbonyl (C=O) groups excluding carboxylic acids is 2. The second-order valence-electron chi connectivity index (χ2n) is 5.03. The predicted molar refractivity (Wildman–Crippen MR) is 80.2 cm³/mol. The quantitative estimate of drug-likeness (QED) is 0.618. The zero-order valence-electron chi connectivity index (χ0n) is 12.1. The number of rotatable bonds is 8. The van der Waals surface area contributed by atoms with Gasteiger partial charge in [0.15, 0.2) is 6.61 Å². The summed E-state index contributed by atoms with van der Waals surface area (Å²) in [5, 5.41) is 8.51. The molecule has 21 heavy (non-hydrogen) atoms. The van der Waals surface area contributed by atoms with Crippen molar-refractivity contribution in [1.82, 2.24) is 10.6 Å². The van der Waals surface area contributed by atoms with E-state index >= 15 is 0 Å². The SMILES string of the molecule is CNCCNC(=O)COc1cccc(NC(=O)C2CC2)c1. The third kappa shape index (κ3) is 5.43. The molecule has 1 aromatic rings. The van der Waals surface area contributed by atoms with E-state index in [4.69, 9.17) is 4.74 Å². The Bertz CT molecular complexity index is 501. The maximum atomic E-state index is 11.7. The second-order valence-corrected chi connectivity index (χ2v) is 5.03. The van der Waals surface area contributed by atoms with Crippen LogP contribution in [0.15, 0.2) is 24.3 Å². The maximum absolute atomic E-state index is 11.7. The number of ether oxygens (including phenoxy) is 1. The van der Waals surface area contributed by atoms with E-state index in [-0.39, 0.29) is 24.3 Å². The summed E-state index contributed by atoms with van der Waals surface area (Å²) in [6.07, 6.45) is 1.93. The molecular formula is C15H21N3O3. The monoisotopic (exact) mass is 291 g/mol. The molecule has 1 aliphatic rings. The van der Waals surface area contributed by atoms with Gasteiger partial charge in [-0.2, -0.15) is 0 Å². The Kier molecular flexibility index (Phi) is 5.57. The van der Waals surface area contributed by atoms with E-state index in [0.717, 1.165) is 12.8 Å². The van der Waals surface area contributed by atoms with Gasteiger partial charge in [0.1, 0.15) is 5.75 Å². The molecule has 0 saturated heterocycles. The highest BCUT2D eigenvalue weighted by Gasteiger charge is 2.29. The van der Waals surface area contributed by atoms with Gasteiger partial charge in [-0.3, -0.25) is 9.59 Å². The van der Waals surface area contributed by atoms with Crippen LogP contribution < -0.4 is 20.7 Å². The lowest BCUT2D eigenvalue weighted by atomic mass is 10.3. The molecule has 0 radical (unpaired) electrons. The van der Waals surface area contributed by atoms with Crippen LogP contribution in [0.5, 0.6) is 5.75 Å². The molecule has 0 unspecified atom stereocenters. The molecule has 0 aromatic heterocycles. The highest BCUT2D eigenvalue weighted by Crippen LogP contribution is 2.30. The molecule has 2 rings (SSSR count). The molecule has 0 heterocycles. The first kappa shape index (κ1) is 15.3. The number of benzene rings is 1. The number of nitrogens with one attached hydrogen (secondary N) is 3. The van der Waals surface area contributed by atoms with Crippen LogP contribution in [0.3, 0.4) is 0 Å². The van der Waals surface area contributed by atoms with Crippen LogP contribution in [0.4, 0.5) is 5.69 Å². The maximum Gasteiger partial charge on any atom is 0.257 e. The lowest BCUT2D eigenvalue weighted by molar-refractivity contribution is -0.123. The normalized spacial score (nSPS) is 13.6. The summed E-state index contributed by atoms with van der Waals surface area (Å²) in [5.74, 6) is 0.606. The molecule has 3 N–H and O–H groups in total. The zero-order valence-corrected chi connectivity index (χ0v) is 12.1. The van der Waals surface area contributed by atoms with Gasteiger partial charge in [-0.15, -0.1) is 0 Å². The number of anilines is 1. The van der Waals surface area contributed by atoms with Crippen molar-refractivity contribution in [3.8, 4) is 5.75 Å². The van der Waals surface area contributed by atoms with Crippen LogP contribution in [0, 0.1) is 5.92 Å². The number of carbonyl (C=O) groups is 2. The molecule has 0 spiro atoms. The van der Waals surface area contributed by atoms with Crippen molar-refractivity contribution in [2.75, 3.05) is 32.1 Å². The van der Waals surface area contributed by atoms with Gasteiger partial charge in [0.05, 0.1) is 0 Å². The van der Waals surface area contributed by atoms with E-state index in [2.05, 4.69) is 16.0 Å². The van der Waals surface area contributed by atoms with Gasteiger partial charge in [0, 0.05) is 30.8 Å². The third-order valence-corrected chi connectivity index (χ3v) is 3.12. The van der Waals surface area contributed by atoms with Gasteiger partial charge in [0.2, 0.25) is 5.91 Å². The molecule has 1 fully saturated rings. The number of amides is 2. The Morgan fingerprint density at radius 3 is 2.81 bits per heavy atom. The van der Waals surface area contributed by atoms with Gasteiger partial charge in [-0.05, 0) is 32.0 Å². The molecule has 0 atom stereocenters. The number of hydrogen-bond donors (Lipinski definition) is 3. The van der Waals surface area contributed by atoms with E-state index in [1.165, 1.54) is 0 Å². The summed E-state index contributed by atoms with van der Waals surface area (Å²) in [5.41, 5.74) is 0.694. The summed E-state index contributed by atoms with van der Waals surface area (Å²) in [6.45, 7) is 1.24. The Morgan fingerprint density at radius 2 is 2.10 bits per heavy atom. The fourth-order valence-corrected chi connectivity index (χ4v) is 1.78. The van der Waals surface area contributed by atoms with E-state index in [9.17, 15) is 9.59 Å². The van der Waals surface area contributed by atoms with Crippen LogP contribution in [0.25, 0.3) is 0 Å². The van der Waals surface area contributed by atoms with E-state index in [0.29, 0.717) is 24.5 Å². The molecule has 1 saturated carbocycles. The standard InChI is InChI=1S/C15H21N3O3/c1-16-7-8-17-14(19)10-21-13-4-2-3-12(9-13)18-15(20)11-5-6-11/h2-4,9,11,16H,5-8,10H2,1H3,(H,17,19)(H,18,20). The average molecular weight is 291 g/mol. The van der Waals surface area contributed by atoms with Crippen molar-refractivity contribution in [3.05, 3.63) is 24.3 Å². The van der Waals surface area contributed by atoms with Crippen LogP contribution in [0.1, 0.15) is 12.8 Å². The molecule has 114 valence electrons. The Morgan fingerprint density at radius 1 is 1.29 bits per heavy atom. The fourth-order valence-electron chi connectivity index (χ4n) is 1.78. The first-order chi connectivity index (χ1) is 10.2. The van der Waals surface area contributed by atoms with Crippen LogP contribution >= 0.6 is 0 Å². The summed E-state index contributed by atoms with van der Waals surface area (Å²) in [4.78, 5) is 23.2. The van der Waals surface area contributed by atoms with Gasteiger partial charge in [-0.1, -0.05) is 6.07 Å². The third-order valence-electron chi connectivity index (χ3n) is 3.12. The van der Waals surface area contributed by atoms with Crippen molar-refractivity contribution in [3.63, 3.8) is 0 Å². The van der Waals surface area contributed by atoms with Gasteiger partial charge >= 0.3 is 0 Å². The van der Waals surface area contributed by atoms with Crippen molar-refractivity contribution in [2.45, 2.75) is 12.8 Å². The molecule has 1 aliphatic carbocycles. The number of hydrogen-bond acceptors (Lipinski definition) is 4. The largest absolute Gasteiger partial charge is 0.484 e. The molecule has 6 nitrogen and oxygen atoms in total. The fraction of sp³-hybridized carbons (Fsp3) is 0.467. The molecule has 1 aromatic carbocycles. The smallest absolute Gasteiger partial charge is 0.257 e. The summed E-state index contributed by atoms with van der Waals surface area (Å²) >= 11 is 0. The highest BCUT2D eigenvalue weighted by atomic mass is 16.5. The minimum Gasteiger partial charge on any atom is -0.484 e. The van der Waals surface area contributed by atoms with E-state index in [1.54, 1.807) is 24.3 Å². The number of likely N-dealkylation sites (N-methyl/N-ethyl adjacent to an activating group) is 1. The molecule has 6 heteroatoms. The lowest BCUT2D eigenvalue weighted by Crippen LogP contribution is -2.33. The molecule has 0 aliphatic heterocycles. The second kappa shape index (κ2) is 7.64. The molecule has 0 bridgehead atoms. The van der Waals surface area contributed by atoms with Crippen molar-refractivity contribution in [2.24, 2.45) is 5.92 Å². The molecular weight excluding hydrogens is 270 g/mol. The van der Waals surface area contributed by atoms with Crippen molar-refractivity contribution >= 4 is 17.5 Å². The molecule has 2 amide bonds. The Balaban J connectivity index is 1.77. The minimum atomic E-state index is -0.169. The van der Waals surface area contributed by atoms with Crippen LogP contribution in [0.2, 0.25) is 0 Å². The summed E-state index contributed by atoms with van der Waals surface area (Å²) in [6, 6.07) is 7.08. The zero-order chi connectivity index (χ0) is 15.1. The van der Waals surface area contributed by atoms with Crippen molar-refractivity contribution < 1.29 is 14.3 Å². The van der Waals surface area contributed by atoms with Crippen LogP contribution in [-0.2, 0) is 9.59 Å².